The van der Waals surface area contributed by atoms with E-state index in [1.54, 1.807) is 32.9 Å². The van der Waals surface area contributed by atoms with Gasteiger partial charge in [-0.2, -0.15) is 0 Å². The molecular weight excluding hydrogens is 428 g/mol. The summed E-state index contributed by atoms with van der Waals surface area (Å²) >= 11 is 0. The average Bonchev–Trinajstić information content (AvgIpc) is 2.75. The van der Waals surface area contributed by atoms with Gasteiger partial charge >= 0.3 is 5.97 Å². The number of carboxylic acid groups (broad SMARTS) is 1. The SMILES string of the molecule is CCC(C)C(NC(=O)C(C)NC(=O)C(NC(=O)C(N)Cc1ccc(O)cc1)C(C)C)C(=O)O. The summed E-state index contributed by atoms with van der Waals surface area (Å²) < 4.78 is 0. The maximum absolute atomic E-state index is 12.8. The van der Waals surface area contributed by atoms with Gasteiger partial charge in [-0.25, -0.2) is 4.79 Å². The molecule has 7 N–H and O–H groups in total. The van der Waals surface area contributed by atoms with Crippen LogP contribution in [-0.4, -0.2) is 58.1 Å². The first kappa shape index (κ1) is 27.9. The standard InChI is InChI=1S/C23H36N4O6/c1-6-13(4)19(23(32)33)27-20(29)14(5)25-22(31)18(12(2)3)26-21(30)17(24)11-15-7-9-16(28)10-8-15/h7-10,12-14,17-19,28H,6,11,24H2,1-5H3,(H,25,31)(H,26,30)(H,27,29)(H,32,33). The van der Waals surface area contributed by atoms with Crippen molar-refractivity contribution in [3.63, 3.8) is 0 Å². The predicted molar refractivity (Wildman–Crippen MR) is 123 cm³/mol. The fourth-order valence-corrected chi connectivity index (χ4v) is 3.10. The molecule has 0 heterocycles. The van der Waals surface area contributed by atoms with Crippen LogP contribution >= 0.6 is 0 Å². The molecule has 5 unspecified atom stereocenters. The molecule has 0 fully saturated rings. The summed E-state index contributed by atoms with van der Waals surface area (Å²) in [5.41, 5.74) is 6.73. The Hall–Kier alpha value is -3.14. The minimum atomic E-state index is -1.15. The van der Waals surface area contributed by atoms with Crippen LogP contribution in [0.25, 0.3) is 0 Å². The zero-order valence-electron chi connectivity index (χ0n) is 19.8. The van der Waals surface area contributed by atoms with Crippen molar-refractivity contribution in [2.45, 2.75) is 71.6 Å². The Morgan fingerprint density at radius 3 is 1.91 bits per heavy atom. The molecular formula is C23H36N4O6. The number of carbonyl (C=O) groups excluding carboxylic acids is 3. The summed E-state index contributed by atoms with van der Waals surface area (Å²) in [6.45, 7) is 8.46. The van der Waals surface area contributed by atoms with Gasteiger partial charge in [-0.05, 0) is 42.9 Å². The van der Waals surface area contributed by atoms with Crippen LogP contribution < -0.4 is 21.7 Å². The van der Waals surface area contributed by atoms with Crippen molar-refractivity contribution in [3.05, 3.63) is 29.8 Å². The number of aliphatic carboxylic acids is 1. The number of hydrogen-bond acceptors (Lipinski definition) is 6. The first-order chi connectivity index (χ1) is 15.4. The van der Waals surface area contributed by atoms with Crippen LogP contribution in [0, 0.1) is 11.8 Å². The maximum Gasteiger partial charge on any atom is 0.326 e. The van der Waals surface area contributed by atoms with Crippen molar-refractivity contribution >= 4 is 23.7 Å². The number of carbonyl (C=O) groups is 4. The van der Waals surface area contributed by atoms with Crippen LogP contribution in [0.5, 0.6) is 5.75 Å². The first-order valence-corrected chi connectivity index (χ1v) is 11.0. The van der Waals surface area contributed by atoms with E-state index in [1.165, 1.54) is 19.1 Å². The highest BCUT2D eigenvalue weighted by Crippen LogP contribution is 2.12. The Balaban J connectivity index is 2.75. The summed E-state index contributed by atoms with van der Waals surface area (Å²) in [5, 5.41) is 26.3. The zero-order chi connectivity index (χ0) is 25.3. The molecule has 10 heteroatoms. The van der Waals surface area contributed by atoms with E-state index in [0.717, 1.165) is 5.56 Å². The summed E-state index contributed by atoms with van der Waals surface area (Å²) in [6, 6.07) is 2.35. The third-order valence-electron chi connectivity index (χ3n) is 5.50. The number of aromatic hydroxyl groups is 1. The van der Waals surface area contributed by atoms with Gasteiger partial charge in [0.15, 0.2) is 0 Å². The fraction of sp³-hybridized carbons (Fsp3) is 0.565. The van der Waals surface area contributed by atoms with Gasteiger partial charge in [-0.1, -0.05) is 46.2 Å². The van der Waals surface area contributed by atoms with Gasteiger partial charge in [0.1, 0.15) is 23.9 Å². The minimum Gasteiger partial charge on any atom is -0.508 e. The fourth-order valence-electron chi connectivity index (χ4n) is 3.10. The van der Waals surface area contributed by atoms with Gasteiger partial charge < -0.3 is 31.9 Å². The highest BCUT2D eigenvalue weighted by atomic mass is 16.4. The highest BCUT2D eigenvalue weighted by molar-refractivity contribution is 5.94. The smallest absolute Gasteiger partial charge is 0.326 e. The first-order valence-electron chi connectivity index (χ1n) is 11.0. The van der Waals surface area contributed by atoms with Crippen LogP contribution in [0.3, 0.4) is 0 Å². The second kappa shape index (κ2) is 12.8. The number of hydrogen-bond donors (Lipinski definition) is 6. The molecule has 0 aliphatic carbocycles. The third-order valence-corrected chi connectivity index (χ3v) is 5.50. The molecule has 5 atom stereocenters. The lowest BCUT2D eigenvalue weighted by Gasteiger charge is -2.26. The van der Waals surface area contributed by atoms with E-state index in [2.05, 4.69) is 16.0 Å². The minimum absolute atomic E-state index is 0.102. The van der Waals surface area contributed by atoms with Crippen LogP contribution in [0.2, 0.25) is 0 Å². The summed E-state index contributed by atoms with van der Waals surface area (Å²) in [4.78, 5) is 49.2. The zero-order valence-corrected chi connectivity index (χ0v) is 19.8. The summed E-state index contributed by atoms with van der Waals surface area (Å²) in [6.07, 6.45) is 0.771. The van der Waals surface area contributed by atoms with E-state index >= 15 is 0 Å². The number of carboxylic acids is 1. The topological polar surface area (TPSA) is 171 Å². The van der Waals surface area contributed by atoms with E-state index in [4.69, 9.17) is 5.73 Å². The van der Waals surface area contributed by atoms with E-state index in [9.17, 15) is 29.4 Å². The Bertz CT molecular complexity index is 827. The molecule has 0 aliphatic rings. The predicted octanol–water partition coefficient (Wildman–Crippen LogP) is 0.523. The van der Waals surface area contributed by atoms with Gasteiger partial charge in [-0.15, -0.1) is 0 Å². The van der Waals surface area contributed by atoms with Crippen LogP contribution in [0.4, 0.5) is 0 Å². The molecule has 0 aliphatic heterocycles. The van der Waals surface area contributed by atoms with Gasteiger partial charge in [0.2, 0.25) is 17.7 Å². The molecule has 3 amide bonds. The summed E-state index contributed by atoms with van der Waals surface area (Å²) in [5.74, 6) is -3.36. The molecule has 184 valence electrons. The molecule has 0 radical (unpaired) electrons. The molecule has 0 saturated carbocycles. The number of rotatable bonds is 12. The van der Waals surface area contributed by atoms with E-state index < -0.39 is 47.9 Å². The Kier molecular flexibility index (Phi) is 10.8. The number of nitrogens with one attached hydrogen (secondary N) is 3. The second-order valence-corrected chi connectivity index (χ2v) is 8.65. The lowest BCUT2D eigenvalue weighted by Crippen LogP contribution is -2.58. The van der Waals surface area contributed by atoms with Gasteiger partial charge in [0, 0.05) is 0 Å². The van der Waals surface area contributed by atoms with E-state index in [1.807, 2.05) is 6.92 Å². The quantitative estimate of drug-likeness (QED) is 0.262. The Labute approximate surface area is 194 Å². The molecule has 1 aromatic carbocycles. The Morgan fingerprint density at radius 1 is 0.879 bits per heavy atom. The molecule has 10 nitrogen and oxygen atoms in total. The third kappa shape index (κ3) is 8.72. The number of benzene rings is 1. The molecule has 1 rings (SSSR count). The maximum atomic E-state index is 12.8. The summed E-state index contributed by atoms with van der Waals surface area (Å²) in [7, 11) is 0. The normalized spacial score (nSPS) is 15.6. The second-order valence-electron chi connectivity index (χ2n) is 8.65. The molecule has 0 aromatic heterocycles. The van der Waals surface area contributed by atoms with Gasteiger partial charge in [-0.3, -0.25) is 14.4 Å². The van der Waals surface area contributed by atoms with Crippen molar-refractivity contribution in [2.24, 2.45) is 17.6 Å². The van der Waals surface area contributed by atoms with Crippen LogP contribution in [0.15, 0.2) is 24.3 Å². The van der Waals surface area contributed by atoms with Gasteiger partial charge in [0.25, 0.3) is 0 Å². The van der Waals surface area contributed by atoms with Crippen molar-refractivity contribution in [1.29, 1.82) is 0 Å². The van der Waals surface area contributed by atoms with Crippen molar-refractivity contribution in [3.8, 4) is 5.75 Å². The van der Waals surface area contributed by atoms with Gasteiger partial charge in [0.05, 0.1) is 6.04 Å². The monoisotopic (exact) mass is 464 g/mol. The lowest BCUT2D eigenvalue weighted by atomic mass is 9.99. The Morgan fingerprint density at radius 2 is 1.42 bits per heavy atom. The number of amides is 3. The van der Waals surface area contributed by atoms with Crippen molar-refractivity contribution < 1.29 is 29.4 Å². The molecule has 0 bridgehead atoms. The van der Waals surface area contributed by atoms with Crippen LogP contribution in [-0.2, 0) is 25.6 Å². The highest BCUT2D eigenvalue weighted by Gasteiger charge is 2.31. The number of nitrogens with two attached hydrogens (primary N) is 1. The largest absolute Gasteiger partial charge is 0.508 e. The van der Waals surface area contributed by atoms with E-state index in [-0.39, 0.29) is 24.0 Å². The lowest BCUT2D eigenvalue weighted by molar-refractivity contribution is -0.143. The molecule has 1 aromatic rings. The molecule has 0 spiro atoms. The van der Waals surface area contributed by atoms with E-state index in [0.29, 0.717) is 6.42 Å². The van der Waals surface area contributed by atoms with Crippen molar-refractivity contribution in [1.82, 2.24) is 16.0 Å². The van der Waals surface area contributed by atoms with Crippen molar-refractivity contribution in [2.75, 3.05) is 0 Å². The average molecular weight is 465 g/mol. The molecule has 0 saturated heterocycles. The number of phenolic OH excluding ortho intramolecular Hbond substituents is 1. The van der Waals surface area contributed by atoms with Crippen LogP contribution in [0.1, 0.15) is 46.6 Å². The molecule has 33 heavy (non-hydrogen) atoms. The number of phenols is 1.